The van der Waals surface area contributed by atoms with Gasteiger partial charge in [-0.15, -0.1) is 0 Å². The van der Waals surface area contributed by atoms with Crippen molar-refractivity contribution in [3.05, 3.63) is 0 Å². The van der Waals surface area contributed by atoms with Crippen molar-refractivity contribution < 1.29 is 10.0 Å². The van der Waals surface area contributed by atoms with E-state index in [4.69, 9.17) is 10.9 Å². The molecule has 19 heavy (non-hydrogen) atoms. The van der Waals surface area contributed by atoms with Gasteiger partial charge in [-0.2, -0.15) is 0 Å². The SMILES string of the molecule is CCCC(C(=O)NCCCN(CC)CC)C(N)=NO. The zero-order valence-electron chi connectivity index (χ0n) is 12.4. The summed E-state index contributed by atoms with van der Waals surface area (Å²) in [6.07, 6.45) is 2.31. The van der Waals surface area contributed by atoms with Crippen LogP contribution in [0.4, 0.5) is 0 Å². The summed E-state index contributed by atoms with van der Waals surface area (Å²) in [5, 5.41) is 14.5. The molecule has 0 saturated heterocycles. The number of nitrogens with one attached hydrogen (secondary N) is 1. The first kappa shape index (κ1) is 17.7. The molecule has 0 rings (SSSR count). The van der Waals surface area contributed by atoms with Crippen molar-refractivity contribution >= 4 is 11.7 Å². The van der Waals surface area contributed by atoms with Crippen LogP contribution >= 0.6 is 0 Å². The molecule has 1 atom stereocenters. The molecule has 0 heterocycles. The molecule has 0 aromatic heterocycles. The molecule has 0 saturated carbocycles. The molecule has 0 aromatic rings. The smallest absolute Gasteiger partial charge is 0.230 e. The third-order valence-electron chi connectivity index (χ3n) is 3.21. The van der Waals surface area contributed by atoms with Crippen LogP contribution in [0.15, 0.2) is 5.16 Å². The molecule has 112 valence electrons. The van der Waals surface area contributed by atoms with Gasteiger partial charge in [-0.1, -0.05) is 32.3 Å². The van der Waals surface area contributed by atoms with E-state index in [9.17, 15) is 4.79 Å². The van der Waals surface area contributed by atoms with Crippen molar-refractivity contribution in [3.8, 4) is 0 Å². The largest absolute Gasteiger partial charge is 0.409 e. The molecule has 4 N–H and O–H groups in total. The molecular weight excluding hydrogens is 244 g/mol. The lowest BCUT2D eigenvalue weighted by molar-refractivity contribution is -0.123. The monoisotopic (exact) mass is 272 g/mol. The van der Waals surface area contributed by atoms with Gasteiger partial charge in [-0.05, 0) is 32.5 Å². The van der Waals surface area contributed by atoms with Crippen LogP contribution < -0.4 is 11.1 Å². The number of amides is 1. The molecule has 6 nitrogen and oxygen atoms in total. The number of amidine groups is 1. The number of hydrogen-bond acceptors (Lipinski definition) is 4. The van der Waals surface area contributed by atoms with E-state index in [1.165, 1.54) is 0 Å². The Kier molecular flexibility index (Phi) is 9.88. The fourth-order valence-electron chi connectivity index (χ4n) is 1.95. The molecule has 0 bridgehead atoms. The molecule has 0 aliphatic carbocycles. The highest BCUT2D eigenvalue weighted by molar-refractivity contribution is 6.01. The van der Waals surface area contributed by atoms with Gasteiger partial charge in [-0.25, -0.2) is 0 Å². The molecule has 6 heteroatoms. The van der Waals surface area contributed by atoms with Gasteiger partial charge in [0.1, 0.15) is 0 Å². The van der Waals surface area contributed by atoms with Gasteiger partial charge in [0.25, 0.3) is 0 Å². The van der Waals surface area contributed by atoms with E-state index in [0.717, 1.165) is 32.5 Å². The van der Waals surface area contributed by atoms with Crippen molar-refractivity contribution in [1.82, 2.24) is 10.2 Å². The van der Waals surface area contributed by atoms with Gasteiger partial charge in [0, 0.05) is 6.54 Å². The second-order valence-electron chi connectivity index (χ2n) is 4.54. The highest BCUT2D eigenvalue weighted by Crippen LogP contribution is 2.06. The average Bonchev–Trinajstić information content (AvgIpc) is 2.43. The lowest BCUT2D eigenvalue weighted by Crippen LogP contribution is -2.40. The number of carbonyl (C=O) groups excluding carboxylic acids is 1. The summed E-state index contributed by atoms with van der Waals surface area (Å²) < 4.78 is 0. The van der Waals surface area contributed by atoms with E-state index in [2.05, 4.69) is 29.2 Å². The Morgan fingerprint density at radius 1 is 1.37 bits per heavy atom. The first-order valence-corrected chi connectivity index (χ1v) is 7.08. The van der Waals surface area contributed by atoms with E-state index in [1.807, 2.05) is 6.92 Å². The Morgan fingerprint density at radius 3 is 2.47 bits per heavy atom. The number of rotatable bonds is 10. The van der Waals surface area contributed by atoms with Crippen LogP contribution in [0.25, 0.3) is 0 Å². The maximum absolute atomic E-state index is 11.9. The van der Waals surface area contributed by atoms with Crippen molar-refractivity contribution in [1.29, 1.82) is 0 Å². The van der Waals surface area contributed by atoms with E-state index < -0.39 is 5.92 Å². The second kappa shape index (κ2) is 10.6. The molecule has 1 amide bonds. The number of hydrogen-bond donors (Lipinski definition) is 3. The van der Waals surface area contributed by atoms with Crippen LogP contribution in [0, 0.1) is 5.92 Å². The maximum Gasteiger partial charge on any atom is 0.230 e. The fraction of sp³-hybridized carbons (Fsp3) is 0.846. The Hall–Kier alpha value is -1.30. The van der Waals surface area contributed by atoms with Crippen molar-refractivity contribution in [2.45, 2.75) is 40.0 Å². The van der Waals surface area contributed by atoms with E-state index in [-0.39, 0.29) is 11.7 Å². The van der Waals surface area contributed by atoms with Gasteiger partial charge >= 0.3 is 0 Å². The van der Waals surface area contributed by atoms with Gasteiger partial charge < -0.3 is 21.2 Å². The predicted molar refractivity (Wildman–Crippen MR) is 77.2 cm³/mol. The standard InChI is InChI=1S/C13H28N4O2/c1-4-8-11(12(14)16-19)13(18)15-9-7-10-17(5-2)6-3/h11,19H,4-10H2,1-3H3,(H2,14,16)(H,15,18). The molecule has 0 fully saturated rings. The third-order valence-corrected chi connectivity index (χ3v) is 3.21. The lowest BCUT2D eigenvalue weighted by Gasteiger charge is -2.18. The lowest BCUT2D eigenvalue weighted by atomic mass is 10.0. The van der Waals surface area contributed by atoms with Crippen LogP contribution in [0.3, 0.4) is 0 Å². The fourth-order valence-corrected chi connectivity index (χ4v) is 1.95. The Balaban J connectivity index is 4.06. The van der Waals surface area contributed by atoms with Crippen LogP contribution in [0.2, 0.25) is 0 Å². The van der Waals surface area contributed by atoms with E-state index in [0.29, 0.717) is 13.0 Å². The number of oxime groups is 1. The van der Waals surface area contributed by atoms with Crippen LogP contribution in [0.1, 0.15) is 40.0 Å². The van der Waals surface area contributed by atoms with Crippen molar-refractivity contribution in [2.75, 3.05) is 26.2 Å². The van der Waals surface area contributed by atoms with E-state index >= 15 is 0 Å². The minimum absolute atomic E-state index is 0.0110. The zero-order chi connectivity index (χ0) is 14.7. The zero-order valence-corrected chi connectivity index (χ0v) is 12.4. The third kappa shape index (κ3) is 7.00. The summed E-state index contributed by atoms with van der Waals surface area (Å²) in [5.74, 6) is -0.691. The summed E-state index contributed by atoms with van der Waals surface area (Å²) in [6, 6.07) is 0. The highest BCUT2D eigenvalue weighted by atomic mass is 16.4. The van der Waals surface area contributed by atoms with Gasteiger partial charge in [0.2, 0.25) is 5.91 Å². The molecule has 0 aliphatic heterocycles. The molecular formula is C13H28N4O2. The van der Waals surface area contributed by atoms with Crippen LogP contribution in [0.5, 0.6) is 0 Å². The van der Waals surface area contributed by atoms with Crippen molar-refractivity contribution in [3.63, 3.8) is 0 Å². The second-order valence-corrected chi connectivity index (χ2v) is 4.54. The normalized spacial score (nSPS) is 13.6. The average molecular weight is 272 g/mol. The number of carbonyl (C=O) groups is 1. The Morgan fingerprint density at radius 2 is 2.00 bits per heavy atom. The summed E-state index contributed by atoms with van der Waals surface area (Å²) in [5.41, 5.74) is 5.53. The van der Waals surface area contributed by atoms with Crippen LogP contribution in [-0.2, 0) is 4.79 Å². The van der Waals surface area contributed by atoms with E-state index in [1.54, 1.807) is 0 Å². The Labute approximate surface area is 116 Å². The Bertz CT molecular complexity index is 278. The summed E-state index contributed by atoms with van der Waals surface area (Å²) in [7, 11) is 0. The highest BCUT2D eigenvalue weighted by Gasteiger charge is 2.21. The first-order valence-electron chi connectivity index (χ1n) is 7.08. The van der Waals surface area contributed by atoms with Crippen LogP contribution in [-0.4, -0.2) is 48.0 Å². The minimum atomic E-state index is -0.525. The minimum Gasteiger partial charge on any atom is -0.409 e. The maximum atomic E-state index is 11.9. The topological polar surface area (TPSA) is 91.0 Å². The van der Waals surface area contributed by atoms with Gasteiger partial charge in [-0.3, -0.25) is 4.79 Å². The molecule has 0 spiro atoms. The first-order chi connectivity index (χ1) is 9.10. The van der Waals surface area contributed by atoms with Gasteiger partial charge in [0.05, 0.1) is 5.92 Å². The van der Waals surface area contributed by atoms with Gasteiger partial charge in [0.15, 0.2) is 5.84 Å². The quantitative estimate of drug-likeness (QED) is 0.182. The molecule has 1 unspecified atom stereocenters. The molecule has 0 aromatic carbocycles. The summed E-state index contributed by atoms with van der Waals surface area (Å²) in [6.45, 7) is 9.84. The predicted octanol–water partition coefficient (Wildman–Crippen LogP) is 0.997. The summed E-state index contributed by atoms with van der Waals surface area (Å²) >= 11 is 0. The molecule has 0 radical (unpaired) electrons. The number of nitrogens with zero attached hydrogens (tertiary/aromatic N) is 2. The molecule has 0 aliphatic rings. The number of nitrogens with two attached hydrogens (primary N) is 1. The van der Waals surface area contributed by atoms with Crippen molar-refractivity contribution in [2.24, 2.45) is 16.8 Å². The summed E-state index contributed by atoms with van der Waals surface area (Å²) in [4.78, 5) is 14.2.